The Kier molecular flexibility index (Phi) is 3.71. The molecule has 0 unspecified atom stereocenters. The summed E-state index contributed by atoms with van der Waals surface area (Å²) in [4.78, 5) is 11.0. The number of fused-ring (bicyclic) bond motifs is 2. The van der Waals surface area contributed by atoms with Crippen LogP contribution < -0.4 is 9.47 Å². The first-order valence-electron chi connectivity index (χ1n) is 9.81. The van der Waals surface area contributed by atoms with E-state index in [9.17, 15) is 4.79 Å². The minimum Gasteiger partial charge on any atom is -0.492 e. The number of carboxylic acid groups (broad SMARTS) is 1. The first-order chi connectivity index (χ1) is 13.0. The fourth-order valence-electron chi connectivity index (χ4n) is 4.64. The van der Waals surface area contributed by atoms with Crippen LogP contribution in [0.3, 0.4) is 0 Å². The van der Waals surface area contributed by atoms with Gasteiger partial charge in [0.05, 0.1) is 13.0 Å². The average molecular weight is 364 g/mol. The first kappa shape index (κ1) is 16.7. The Bertz CT molecular complexity index is 913. The summed E-state index contributed by atoms with van der Waals surface area (Å²) in [7, 11) is 0. The van der Waals surface area contributed by atoms with Gasteiger partial charge in [-0.25, -0.2) is 0 Å². The maximum atomic E-state index is 11.0. The van der Waals surface area contributed by atoms with Gasteiger partial charge in [0.25, 0.3) is 0 Å². The van der Waals surface area contributed by atoms with Crippen molar-refractivity contribution in [1.29, 1.82) is 0 Å². The molecular weight excluding hydrogens is 340 g/mol. The van der Waals surface area contributed by atoms with E-state index in [4.69, 9.17) is 14.6 Å². The van der Waals surface area contributed by atoms with Crippen LogP contribution in [-0.4, -0.2) is 17.7 Å². The molecule has 1 fully saturated rings. The molecule has 0 aromatic heterocycles. The van der Waals surface area contributed by atoms with E-state index < -0.39 is 5.97 Å². The van der Waals surface area contributed by atoms with E-state index in [0.717, 1.165) is 29.9 Å². The molecule has 0 saturated heterocycles. The third-order valence-corrected chi connectivity index (χ3v) is 6.43. The summed E-state index contributed by atoms with van der Waals surface area (Å²) in [6, 6.07) is 12.5. The van der Waals surface area contributed by atoms with Gasteiger partial charge in [-0.1, -0.05) is 31.2 Å². The van der Waals surface area contributed by atoms with Crippen molar-refractivity contribution in [2.45, 2.75) is 56.5 Å². The van der Waals surface area contributed by atoms with Crippen LogP contribution in [0.2, 0.25) is 0 Å². The molecule has 0 radical (unpaired) electrons. The Hall–Kier alpha value is -2.49. The average Bonchev–Trinajstić information content (AvgIpc) is 3.09. The zero-order valence-corrected chi connectivity index (χ0v) is 15.5. The number of rotatable bonds is 5. The van der Waals surface area contributed by atoms with E-state index in [1.54, 1.807) is 0 Å². The molecule has 2 aliphatic carbocycles. The second-order valence-corrected chi connectivity index (χ2v) is 8.38. The van der Waals surface area contributed by atoms with E-state index in [2.05, 4.69) is 25.1 Å². The first-order valence-corrected chi connectivity index (χ1v) is 9.81. The number of benzene rings is 2. The molecule has 1 aliphatic heterocycles. The molecule has 4 nitrogen and oxygen atoms in total. The minimum absolute atomic E-state index is 0.0689. The highest BCUT2D eigenvalue weighted by atomic mass is 16.5. The Morgan fingerprint density at radius 2 is 2.11 bits per heavy atom. The third-order valence-electron chi connectivity index (χ3n) is 6.43. The molecule has 5 rings (SSSR count). The van der Waals surface area contributed by atoms with Crippen molar-refractivity contribution >= 4 is 5.97 Å². The molecule has 0 amide bonds. The van der Waals surface area contributed by atoms with Crippen LogP contribution in [0, 0.1) is 0 Å². The zero-order valence-electron chi connectivity index (χ0n) is 15.5. The normalized spacial score (nSPS) is 24.0. The van der Waals surface area contributed by atoms with Gasteiger partial charge in [0.2, 0.25) is 0 Å². The highest BCUT2D eigenvalue weighted by Crippen LogP contribution is 2.51. The minimum atomic E-state index is -0.792. The predicted molar refractivity (Wildman–Crippen MR) is 102 cm³/mol. The number of ether oxygens (including phenoxy) is 2. The molecular formula is C23H24O4. The maximum absolute atomic E-state index is 11.0. The van der Waals surface area contributed by atoms with Crippen LogP contribution in [0.15, 0.2) is 36.4 Å². The molecule has 1 saturated carbocycles. The fourth-order valence-corrected chi connectivity index (χ4v) is 4.64. The molecule has 4 heteroatoms. The summed E-state index contributed by atoms with van der Waals surface area (Å²) in [6.45, 7) is 2.79. The predicted octanol–water partition coefficient (Wildman–Crippen LogP) is 4.76. The van der Waals surface area contributed by atoms with Crippen molar-refractivity contribution in [1.82, 2.24) is 0 Å². The largest absolute Gasteiger partial charge is 0.492 e. The standard InChI is InChI=1S/C23H24O4/c1-23(9-10-23)19-4-2-3-18-17(19)7-8-20(18)27-15-5-6-16-14(11-22(24)25)13-26-21(16)12-15/h2-6,12,14,20H,7-11,13H2,1H3,(H,24,25)/t14-,20-/m1/s1. The quantitative estimate of drug-likeness (QED) is 0.831. The highest BCUT2D eigenvalue weighted by molar-refractivity contribution is 5.68. The lowest BCUT2D eigenvalue weighted by Crippen LogP contribution is -2.07. The second kappa shape index (κ2) is 6.01. The number of carbonyl (C=O) groups is 1. The van der Waals surface area contributed by atoms with Crippen LogP contribution in [0.1, 0.15) is 66.9 Å². The summed E-state index contributed by atoms with van der Waals surface area (Å²) in [6.07, 6.45) is 4.83. The van der Waals surface area contributed by atoms with E-state index in [0.29, 0.717) is 12.0 Å². The molecule has 0 spiro atoms. The third kappa shape index (κ3) is 2.88. The van der Waals surface area contributed by atoms with E-state index in [-0.39, 0.29) is 18.4 Å². The Labute approximate surface area is 159 Å². The smallest absolute Gasteiger partial charge is 0.304 e. The Balaban J connectivity index is 1.37. The van der Waals surface area contributed by atoms with Gasteiger partial charge in [0, 0.05) is 17.5 Å². The summed E-state index contributed by atoms with van der Waals surface area (Å²) in [5.74, 6) is 0.696. The van der Waals surface area contributed by atoms with Gasteiger partial charge in [-0.3, -0.25) is 4.79 Å². The molecule has 1 heterocycles. The molecule has 2 aromatic carbocycles. The molecule has 2 aromatic rings. The van der Waals surface area contributed by atoms with Crippen molar-refractivity contribution in [3.8, 4) is 11.5 Å². The number of carboxylic acids is 1. The van der Waals surface area contributed by atoms with E-state index in [1.807, 2.05) is 18.2 Å². The van der Waals surface area contributed by atoms with Gasteiger partial charge in [-0.2, -0.15) is 0 Å². The molecule has 1 N–H and O–H groups in total. The van der Waals surface area contributed by atoms with Crippen LogP contribution >= 0.6 is 0 Å². The monoisotopic (exact) mass is 364 g/mol. The van der Waals surface area contributed by atoms with Gasteiger partial charge < -0.3 is 14.6 Å². The number of hydrogen-bond acceptors (Lipinski definition) is 3. The molecule has 140 valence electrons. The lowest BCUT2D eigenvalue weighted by Gasteiger charge is -2.18. The van der Waals surface area contributed by atoms with E-state index >= 15 is 0 Å². The topological polar surface area (TPSA) is 55.8 Å². The lowest BCUT2D eigenvalue weighted by atomic mass is 9.91. The van der Waals surface area contributed by atoms with Gasteiger partial charge in [0.15, 0.2) is 0 Å². The van der Waals surface area contributed by atoms with Crippen LogP contribution in [0.25, 0.3) is 0 Å². The highest BCUT2D eigenvalue weighted by Gasteiger charge is 2.42. The van der Waals surface area contributed by atoms with Crippen molar-refractivity contribution < 1.29 is 19.4 Å². The van der Waals surface area contributed by atoms with Gasteiger partial charge >= 0.3 is 5.97 Å². The van der Waals surface area contributed by atoms with Crippen molar-refractivity contribution in [2.24, 2.45) is 0 Å². The lowest BCUT2D eigenvalue weighted by molar-refractivity contribution is -0.137. The Morgan fingerprint density at radius 1 is 1.26 bits per heavy atom. The summed E-state index contributed by atoms with van der Waals surface area (Å²) < 4.78 is 12.1. The van der Waals surface area contributed by atoms with Gasteiger partial charge in [-0.05, 0) is 53.9 Å². The van der Waals surface area contributed by atoms with E-state index in [1.165, 1.54) is 29.5 Å². The summed E-state index contributed by atoms with van der Waals surface area (Å²) in [5.41, 5.74) is 5.67. The second-order valence-electron chi connectivity index (χ2n) is 8.38. The van der Waals surface area contributed by atoms with Gasteiger partial charge in [0.1, 0.15) is 17.6 Å². The summed E-state index contributed by atoms with van der Waals surface area (Å²) >= 11 is 0. The SMILES string of the molecule is CC1(c2cccc3c2CC[C@H]3Oc2ccc3c(c2)OC[C@H]3CC(=O)O)CC1. The number of hydrogen-bond donors (Lipinski definition) is 1. The van der Waals surface area contributed by atoms with Crippen LogP contribution in [-0.2, 0) is 16.6 Å². The number of aliphatic carboxylic acids is 1. The van der Waals surface area contributed by atoms with Gasteiger partial charge in [-0.15, -0.1) is 0 Å². The van der Waals surface area contributed by atoms with Crippen LogP contribution in [0.4, 0.5) is 0 Å². The molecule has 0 bridgehead atoms. The maximum Gasteiger partial charge on any atom is 0.304 e. The van der Waals surface area contributed by atoms with Crippen molar-refractivity contribution in [3.05, 3.63) is 58.7 Å². The van der Waals surface area contributed by atoms with Crippen LogP contribution in [0.5, 0.6) is 11.5 Å². The summed E-state index contributed by atoms with van der Waals surface area (Å²) in [5, 5.41) is 9.04. The van der Waals surface area contributed by atoms with Crippen molar-refractivity contribution in [3.63, 3.8) is 0 Å². The fraction of sp³-hybridized carbons (Fsp3) is 0.435. The Morgan fingerprint density at radius 3 is 2.89 bits per heavy atom. The molecule has 3 aliphatic rings. The zero-order chi connectivity index (χ0) is 18.6. The van der Waals surface area contributed by atoms with Crippen molar-refractivity contribution in [2.75, 3.05) is 6.61 Å². The molecule has 2 atom stereocenters. The molecule has 27 heavy (non-hydrogen) atoms.